The molecule has 1 rings (SSSR count). The molecule has 1 aromatic rings. The summed E-state index contributed by atoms with van der Waals surface area (Å²) in [5.74, 6) is 0. The molecule has 0 aliphatic heterocycles. The second-order valence-electron chi connectivity index (χ2n) is 2.29. The van der Waals surface area contributed by atoms with Crippen molar-refractivity contribution in [1.29, 1.82) is 0 Å². The van der Waals surface area contributed by atoms with Gasteiger partial charge in [0.2, 0.25) is 0 Å². The number of rotatable bonds is 4. The third-order valence-corrected chi connectivity index (χ3v) is 1.76. The Hall–Kier alpha value is 0.173. The van der Waals surface area contributed by atoms with Crippen molar-refractivity contribution in [2.75, 3.05) is 6.54 Å². The molecule has 13 heavy (non-hydrogen) atoms. The first-order chi connectivity index (χ1) is 5.91. The van der Waals surface area contributed by atoms with Crippen molar-refractivity contribution in [3.63, 3.8) is 0 Å². The van der Waals surface area contributed by atoms with E-state index in [1.165, 1.54) is 12.8 Å². The van der Waals surface area contributed by atoms with E-state index in [9.17, 15) is 0 Å². The Morgan fingerprint density at radius 1 is 1.46 bits per heavy atom. The average molecular weight is 254 g/mol. The predicted octanol–water partition coefficient (Wildman–Crippen LogP) is 2.30. The van der Waals surface area contributed by atoms with Gasteiger partial charge >= 0.3 is 0 Å². The number of unbranched alkanes of at least 4 members (excludes halogenated alkanes) is 2. The van der Waals surface area contributed by atoms with E-state index in [1.54, 1.807) is 23.0 Å². The molecule has 0 aliphatic rings. The Kier molecular flexibility index (Phi) is 17.7. The van der Waals surface area contributed by atoms with Gasteiger partial charge in [-0.25, -0.2) is 5.48 Å². The van der Waals surface area contributed by atoms with Crippen LogP contribution in [0.15, 0.2) is 17.1 Å². The van der Waals surface area contributed by atoms with Crippen LogP contribution in [0.4, 0.5) is 0 Å². The first-order valence-electron chi connectivity index (χ1n) is 4.11. The van der Waals surface area contributed by atoms with Gasteiger partial charge in [-0.05, 0) is 6.42 Å². The summed E-state index contributed by atoms with van der Waals surface area (Å²) in [6, 6.07) is 0. The van der Waals surface area contributed by atoms with Crippen molar-refractivity contribution in [1.82, 2.24) is 10.5 Å². The fourth-order valence-corrected chi connectivity index (χ4v) is 0.981. The smallest absolute Gasteiger partial charge is 0.0791 e. The van der Waals surface area contributed by atoms with Crippen molar-refractivity contribution in [2.45, 2.75) is 26.2 Å². The molecule has 0 aromatic carbocycles. The van der Waals surface area contributed by atoms with E-state index in [1.807, 2.05) is 5.38 Å². The molecule has 0 unspecified atom stereocenters. The molecular formula is C8H16N2OSZn. The molecular weight excluding hydrogens is 238 g/mol. The minimum atomic E-state index is 0. The van der Waals surface area contributed by atoms with E-state index in [2.05, 4.69) is 17.4 Å². The van der Waals surface area contributed by atoms with Crippen LogP contribution in [0.1, 0.15) is 26.2 Å². The molecule has 0 amide bonds. The Labute approximate surface area is 96.3 Å². The summed E-state index contributed by atoms with van der Waals surface area (Å²) in [4.78, 5) is 3.74. The molecule has 0 atom stereocenters. The number of thiazole rings is 1. The van der Waals surface area contributed by atoms with Crippen LogP contribution in [0.2, 0.25) is 0 Å². The van der Waals surface area contributed by atoms with Gasteiger partial charge in [0.25, 0.3) is 0 Å². The van der Waals surface area contributed by atoms with Gasteiger partial charge in [0.1, 0.15) is 0 Å². The van der Waals surface area contributed by atoms with Gasteiger partial charge in [-0.1, -0.05) is 19.8 Å². The maximum atomic E-state index is 8.04. The standard InChI is InChI=1S/C5H13NO.C3H3NS.Zn/c1-2-3-4-5-6-7;1-2-5-3-4-1;/h6-7H,2-5H2,1H3;1-3H;. The third-order valence-electron chi connectivity index (χ3n) is 1.24. The number of nitrogens with zero attached hydrogens (tertiary/aromatic N) is 1. The third kappa shape index (κ3) is 15.0. The molecule has 72 valence electrons. The molecule has 1 heterocycles. The van der Waals surface area contributed by atoms with Crippen molar-refractivity contribution in [3.05, 3.63) is 17.1 Å². The van der Waals surface area contributed by atoms with E-state index in [-0.39, 0.29) is 19.5 Å². The van der Waals surface area contributed by atoms with Gasteiger partial charge in [-0.2, -0.15) is 0 Å². The van der Waals surface area contributed by atoms with Crippen LogP contribution in [-0.4, -0.2) is 16.7 Å². The van der Waals surface area contributed by atoms with Gasteiger partial charge in [0, 0.05) is 37.6 Å². The quantitative estimate of drug-likeness (QED) is 0.492. The van der Waals surface area contributed by atoms with Crippen LogP contribution in [0.3, 0.4) is 0 Å². The fourth-order valence-electron chi connectivity index (χ4n) is 0.630. The Balaban J connectivity index is 0. The zero-order valence-electron chi connectivity index (χ0n) is 8.07. The number of hydrogen-bond donors (Lipinski definition) is 2. The van der Waals surface area contributed by atoms with Crippen LogP contribution < -0.4 is 5.48 Å². The van der Waals surface area contributed by atoms with Crippen LogP contribution in [0.25, 0.3) is 0 Å². The summed E-state index contributed by atoms with van der Waals surface area (Å²) in [6.07, 6.45) is 5.26. The summed E-state index contributed by atoms with van der Waals surface area (Å²) in [5, 5.41) is 9.97. The molecule has 0 fully saturated rings. The average Bonchev–Trinajstić information content (AvgIpc) is 2.62. The second-order valence-corrected chi connectivity index (χ2v) is 3.05. The van der Waals surface area contributed by atoms with Crippen LogP contribution in [0, 0.1) is 0 Å². The molecule has 0 saturated carbocycles. The van der Waals surface area contributed by atoms with E-state index in [0.29, 0.717) is 0 Å². The normalized spacial score (nSPS) is 8.15. The second kappa shape index (κ2) is 14.7. The summed E-state index contributed by atoms with van der Waals surface area (Å²) in [5.41, 5.74) is 3.89. The van der Waals surface area contributed by atoms with Crippen molar-refractivity contribution in [2.24, 2.45) is 0 Å². The van der Waals surface area contributed by atoms with Gasteiger partial charge in [0.15, 0.2) is 0 Å². The molecule has 0 saturated heterocycles. The Morgan fingerprint density at radius 3 is 2.54 bits per heavy atom. The van der Waals surface area contributed by atoms with Gasteiger partial charge in [-0.15, -0.1) is 11.3 Å². The summed E-state index contributed by atoms with van der Waals surface area (Å²) >= 11 is 1.60. The minimum Gasteiger partial charge on any atom is -0.317 e. The fraction of sp³-hybridized carbons (Fsp3) is 0.625. The zero-order valence-corrected chi connectivity index (χ0v) is 11.9. The topological polar surface area (TPSA) is 45.1 Å². The van der Waals surface area contributed by atoms with E-state index in [0.717, 1.165) is 13.0 Å². The maximum absolute atomic E-state index is 8.04. The van der Waals surface area contributed by atoms with E-state index in [4.69, 9.17) is 5.21 Å². The molecule has 0 aliphatic carbocycles. The summed E-state index contributed by atoms with van der Waals surface area (Å²) in [7, 11) is 0. The number of hydrogen-bond acceptors (Lipinski definition) is 4. The van der Waals surface area contributed by atoms with Gasteiger partial charge in [0.05, 0.1) is 5.51 Å². The van der Waals surface area contributed by atoms with Crippen LogP contribution in [0.5, 0.6) is 0 Å². The number of nitrogens with one attached hydrogen (secondary N) is 1. The summed E-state index contributed by atoms with van der Waals surface area (Å²) < 4.78 is 0. The predicted molar refractivity (Wildman–Crippen MR) is 51.4 cm³/mol. The van der Waals surface area contributed by atoms with Crippen molar-refractivity contribution >= 4 is 11.3 Å². The molecule has 5 heteroatoms. The first kappa shape index (κ1) is 15.6. The van der Waals surface area contributed by atoms with Gasteiger partial charge in [-0.3, -0.25) is 4.98 Å². The molecule has 3 nitrogen and oxygen atoms in total. The number of hydroxylamine groups is 1. The zero-order chi connectivity index (χ0) is 9.07. The summed E-state index contributed by atoms with van der Waals surface area (Å²) in [6.45, 7) is 2.87. The van der Waals surface area contributed by atoms with Crippen LogP contribution >= 0.6 is 11.3 Å². The molecule has 1 aromatic heterocycles. The first-order valence-corrected chi connectivity index (χ1v) is 5.05. The Morgan fingerprint density at radius 2 is 2.23 bits per heavy atom. The molecule has 2 N–H and O–H groups in total. The van der Waals surface area contributed by atoms with Crippen molar-refractivity contribution in [3.8, 4) is 0 Å². The maximum Gasteiger partial charge on any atom is 0.0791 e. The SMILES string of the molecule is CCCCCNO.[Zn].c1cscn1. The minimum absolute atomic E-state index is 0. The largest absolute Gasteiger partial charge is 0.317 e. The van der Waals surface area contributed by atoms with E-state index < -0.39 is 0 Å². The molecule has 0 bridgehead atoms. The van der Waals surface area contributed by atoms with Gasteiger partial charge < -0.3 is 5.21 Å². The van der Waals surface area contributed by atoms with Crippen LogP contribution in [-0.2, 0) is 19.5 Å². The Bertz CT molecular complexity index is 129. The monoisotopic (exact) mass is 252 g/mol. The molecule has 0 spiro atoms. The van der Waals surface area contributed by atoms with Crippen molar-refractivity contribution < 1.29 is 24.7 Å². The van der Waals surface area contributed by atoms with E-state index >= 15 is 0 Å². The molecule has 0 radical (unpaired) electrons. The number of aromatic nitrogens is 1.